The van der Waals surface area contributed by atoms with E-state index in [9.17, 15) is 0 Å². The van der Waals surface area contributed by atoms with E-state index in [0.29, 0.717) is 5.02 Å². The lowest BCUT2D eigenvalue weighted by Crippen LogP contribution is -2.38. The predicted molar refractivity (Wildman–Crippen MR) is 83.7 cm³/mol. The second kappa shape index (κ2) is 6.50. The Hall–Kier alpha value is -1.52. The number of nitrogens with one attached hydrogen (secondary N) is 1. The predicted octanol–water partition coefficient (Wildman–Crippen LogP) is 3.41. The minimum Gasteiger partial charge on any atom is -0.489 e. The Morgan fingerprint density at radius 1 is 1.33 bits per heavy atom. The summed E-state index contributed by atoms with van der Waals surface area (Å²) in [4.78, 5) is 2.44. The van der Waals surface area contributed by atoms with Crippen molar-refractivity contribution >= 4 is 11.6 Å². The second-order valence-electron chi connectivity index (χ2n) is 5.56. The van der Waals surface area contributed by atoms with Crippen molar-refractivity contribution in [1.82, 2.24) is 15.1 Å². The molecular formula is C16H20ClN3O. The molecule has 1 aliphatic rings. The van der Waals surface area contributed by atoms with Crippen LogP contribution in [0, 0.1) is 6.92 Å². The zero-order valence-electron chi connectivity index (χ0n) is 12.2. The summed E-state index contributed by atoms with van der Waals surface area (Å²) in [6, 6.07) is 7.68. The molecule has 4 nitrogen and oxygen atoms in total. The van der Waals surface area contributed by atoms with E-state index in [-0.39, 0.29) is 6.10 Å². The maximum Gasteiger partial charge on any atom is 0.138 e. The highest BCUT2D eigenvalue weighted by Crippen LogP contribution is 2.27. The maximum absolute atomic E-state index is 6.14. The summed E-state index contributed by atoms with van der Waals surface area (Å²) in [6.45, 7) is 5.10. The largest absolute Gasteiger partial charge is 0.489 e. The first-order valence-corrected chi connectivity index (χ1v) is 7.72. The zero-order valence-corrected chi connectivity index (χ0v) is 12.9. The molecule has 1 saturated heterocycles. The minimum atomic E-state index is 0.254. The topological polar surface area (TPSA) is 41.2 Å². The number of para-hydroxylation sites is 1. The summed E-state index contributed by atoms with van der Waals surface area (Å²) in [5.41, 5.74) is 2.44. The Labute approximate surface area is 130 Å². The van der Waals surface area contributed by atoms with E-state index in [2.05, 4.69) is 22.0 Å². The SMILES string of the molecule is Cc1cn[nH]c1CN1CCC(Oc2ccccc2Cl)CC1. The fraction of sp³-hybridized carbons (Fsp3) is 0.438. The Bertz CT molecular complexity index is 591. The Morgan fingerprint density at radius 2 is 2.10 bits per heavy atom. The Kier molecular flexibility index (Phi) is 4.46. The third kappa shape index (κ3) is 3.57. The first-order valence-electron chi connectivity index (χ1n) is 7.35. The van der Waals surface area contributed by atoms with E-state index < -0.39 is 0 Å². The molecule has 2 heterocycles. The van der Waals surface area contributed by atoms with Gasteiger partial charge in [0.15, 0.2) is 0 Å². The average Bonchev–Trinajstić information content (AvgIpc) is 2.89. The van der Waals surface area contributed by atoms with Crippen LogP contribution in [0.1, 0.15) is 24.1 Å². The van der Waals surface area contributed by atoms with Gasteiger partial charge >= 0.3 is 0 Å². The molecule has 0 saturated carbocycles. The van der Waals surface area contributed by atoms with Gasteiger partial charge in [-0.05, 0) is 37.5 Å². The number of benzene rings is 1. The molecule has 5 heteroatoms. The highest BCUT2D eigenvalue weighted by atomic mass is 35.5. The van der Waals surface area contributed by atoms with Gasteiger partial charge in [0.05, 0.1) is 16.9 Å². The van der Waals surface area contributed by atoms with Crippen molar-refractivity contribution in [2.24, 2.45) is 0 Å². The Balaban J connectivity index is 1.51. The molecule has 3 rings (SSSR count). The number of halogens is 1. The van der Waals surface area contributed by atoms with E-state index in [1.165, 1.54) is 11.3 Å². The van der Waals surface area contributed by atoms with Crippen molar-refractivity contribution in [2.75, 3.05) is 13.1 Å². The number of likely N-dealkylation sites (tertiary alicyclic amines) is 1. The Morgan fingerprint density at radius 3 is 2.76 bits per heavy atom. The van der Waals surface area contributed by atoms with Gasteiger partial charge < -0.3 is 4.74 Å². The van der Waals surface area contributed by atoms with Crippen LogP contribution in [-0.2, 0) is 6.54 Å². The van der Waals surface area contributed by atoms with Gasteiger partial charge in [0.2, 0.25) is 0 Å². The number of aromatic amines is 1. The molecular weight excluding hydrogens is 286 g/mol. The first-order chi connectivity index (χ1) is 10.2. The van der Waals surface area contributed by atoms with E-state index in [1.807, 2.05) is 30.5 Å². The molecule has 0 aliphatic carbocycles. The molecule has 21 heavy (non-hydrogen) atoms. The van der Waals surface area contributed by atoms with Gasteiger partial charge in [-0.1, -0.05) is 23.7 Å². The fourth-order valence-corrected chi connectivity index (χ4v) is 2.84. The number of nitrogens with zero attached hydrogens (tertiary/aromatic N) is 2. The summed E-state index contributed by atoms with van der Waals surface area (Å²) in [6.07, 6.45) is 4.18. The summed E-state index contributed by atoms with van der Waals surface area (Å²) in [7, 11) is 0. The van der Waals surface area contributed by atoms with Gasteiger partial charge in [-0.2, -0.15) is 5.10 Å². The van der Waals surface area contributed by atoms with Crippen molar-refractivity contribution in [2.45, 2.75) is 32.4 Å². The van der Waals surface area contributed by atoms with Crippen molar-refractivity contribution < 1.29 is 4.74 Å². The van der Waals surface area contributed by atoms with E-state index >= 15 is 0 Å². The number of aryl methyl sites for hydroxylation is 1. The third-order valence-corrected chi connectivity index (χ3v) is 4.29. The zero-order chi connectivity index (χ0) is 14.7. The van der Waals surface area contributed by atoms with Crippen molar-refractivity contribution in [3.05, 3.63) is 46.7 Å². The molecule has 0 amide bonds. The lowest BCUT2D eigenvalue weighted by molar-refractivity contribution is 0.0961. The molecule has 1 N–H and O–H groups in total. The van der Waals surface area contributed by atoms with Crippen LogP contribution in [-0.4, -0.2) is 34.3 Å². The molecule has 1 aromatic carbocycles. The summed E-state index contributed by atoms with van der Waals surface area (Å²) in [5.74, 6) is 0.794. The van der Waals surface area contributed by atoms with Gasteiger partial charge in [0.25, 0.3) is 0 Å². The number of hydrogen-bond acceptors (Lipinski definition) is 3. The minimum absolute atomic E-state index is 0.254. The molecule has 0 spiro atoms. The average molecular weight is 306 g/mol. The molecule has 112 valence electrons. The van der Waals surface area contributed by atoms with E-state index in [1.54, 1.807) is 0 Å². The summed E-state index contributed by atoms with van der Waals surface area (Å²) < 4.78 is 6.01. The lowest BCUT2D eigenvalue weighted by atomic mass is 10.1. The quantitative estimate of drug-likeness (QED) is 0.941. The molecule has 1 aromatic heterocycles. The number of ether oxygens (including phenoxy) is 1. The molecule has 0 bridgehead atoms. The molecule has 1 fully saturated rings. The van der Waals surface area contributed by atoms with Crippen molar-refractivity contribution in [3.8, 4) is 5.75 Å². The molecule has 1 aliphatic heterocycles. The lowest BCUT2D eigenvalue weighted by Gasteiger charge is -2.32. The highest BCUT2D eigenvalue weighted by molar-refractivity contribution is 6.32. The van der Waals surface area contributed by atoms with Gasteiger partial charge in [-0.15, -0.1) is 0 Å². The van der Waals surface area contributed by atoms with Gasteiger partial charge in [0.1, 0.15) is 11.9 Å². The summed E-state index contributed by atoms with van der Waals surface area (Å²) in [5, 5.41) is 7.84. The monoisotopic (exact) mass is 305 g/mol. The normalized spacial score (nSPS) is 17.0. The van der Waals surface area contributed by atoms with Gasteiger partial charge in [-0.3, -0.25) is 10.00 Å². The molecule has 0 radical (unpaired) electrons. The molecule has 0 unspecified atom stereocenters. The number of H-pyrrole nitrogens is 1. The standard InChI is InChI=1S/C16H20ClN3O/c1-12-10-18-19-15(12)11-20-8-6-13(7-9-20)21-16-5-3-2-4-14(16)17/h2-5,10,13H,6-9,11H2,1H3,(H,18,19). The number of aromatic nitrogens is 2. The molecule has 2 aromatic rings. The highest BCUT2D eigenvalue weighted by Gasteiger charge is 2.21. The van der Waals surface area contributed by atoms with Crippen molar-refractivity contribution in [3.63, 3.8) is 0 Å². The van der Waals surface area contributed by atoms with Crippen molar-refractivity contribution in [1.29, 1.82) is 0 Å². The van der Waals surface area contributed by atoms with E-state index in [0.717, 1.165) is 38.2 Å². The summed E-state index contributed by atoms with van der Waals surface area (Å²) >= 11 is 6.14. The number of hydrogen-bond donors (Lipinski definition) is 1. The maximum atomic E-state index is 6.14. The van der Waals surface area contributed by atoms with Crippen LogP contribution in [0.15, 0.2) is 30.5 Å². The van der Waals surface area contributed by atoms with Crippen LogP contribution >= 0.6 is 11.6 Å². The number of piperidine rings is 1. The van der Waals surface area contributed by atoms with E-state index in [4.69, 9.17) is 16.3 Å². The smallest absolute Gasteiger partial charge is 0.138 e. The van der Waals surface area contributed by atoms with Crippen LogP contribution < -0.4 is 4.74 Å². The fourth-order valence-electron chi connectivity index (χ4n) is 2.66. The second-order valence-corrected chi connectivity index (χ2v) is 5.96. The third-order valence-electron chi connectivity index (χ3n) is 3.98. The van der Waals surface area contributed by atoms with Gasteiger partial charge in [-0.25, -0.2) is 0 Å². The number of rotatable bonds is 4. The van der Waals surface area contributed by atoms with Crippen LogP contribution in [0.3, 0.4) is 0 Å². The van der Waals surface area contributed by atoms with Crippen LogP contribution in [0.2, 0.25) is 5.02 Å². The van der Waals surface area contributed by atoms with Crippen LogP contribution in [0.5, 0.6) is 5.75 Å². The first kappa shape index (κ1) is 14.4. The van der Waals surface area contributed by atoms with Crippen LogP contribution in [0.4, 0.5) is 0 Å². The van der Waals surface area contributed by atoms with Crippen LogP contribution in [0.25, 0.3) is 0 Å². The molecule has 0 atom stereocenters. The van der Waals surface area contributed by atoms with Gasteiger partial charge in [0, 0.05) is 19.6 Å².